The number of nitrogens with one attached hydrogen (secondary N) is 1. The van der Waals surface area contributed by atoms with Crippen LogP contribution in [0.25, 0.3) is 21.7 Å². The highest BCUT2D eigenvalue weighted by Gasteiger charge is 2.16. The van der Waals surface area contributed by atoms with Gasteiger partial charge in [0, 0.05) is 16.6 Å². The highest BCUT2D eigenvalue weighted by atomic mass is 32.2. The van der Waals surface area contributed by atoms with Crippen molar-refractivity contribution in [1.82, 2.24) is 0 Å². The molecule has 0 spiro atoms. The van der Waals surface area contributed by atoms with Gasteiger partial charge >= 0.3 is 0 Å². The number of hydrogen-bond acceptors (Lipinski definition) is 4. The topological polar surface area (TPSA) is 76.4 Å². The van der Waals surface area contributed by atoms with E-state index in [1.54, 1.807) is 30.3 Å². The van der Waals surface area contributed by atoms with E-state index in [-0.39, 0.29) is 11.5 Å². The number of sulfonamides is 1. The molecule has 0 radical (unpaired) electrons. The quantitative estimate of drug-likeness (QED) is 0.550. The van der Waals surface area contributed by atoms with Gasteiger partial charge in [-0.05, 0) is 47.2 Å². The molecule has 1 heterocycles. The number of rotatable bonds is 4. The van der Waals surface area contributed by atoms with E-state index in [0.717, 1.165) is 22.4 Å². The molecule has 0 aliphatic heterocycles. The third kappa shape index (κ3) is 3.07. The molecule has 0 fully saturated rings. The lowest BCUT2D eigenvalue weighted by atomic mass is 10.1. The van der Waals surface area contributed by atoms with Crippen molar-refractivity contribution >= 4 is 43.2 Å². The minimum absolute atomic E-state index is 0.250. The molecule has 1 aromatic heterocycles. The second-order valence-corrected chi connectivity index (χ2v) is 7.84. The number of fused-ring (bicyclic) bond motifs is 3. The molecule has 26 heavy (non-hydrogen) atoms. The average molecular weight is 365 g/mol. The van der Waals surface area contributed by atoms with Gasteiger partial charge in [0.25, 0.3) is 0 Å². The smallest absolute Gasteiger partial charge is 0.229 e. The van der Waals surface area contributed by atoms with E-state index in [9.17, 15) is 13.2 Å². The number of carbonyl (C=O) groups excluding carboxylic acids is 1. The summed E-state index contributed by atoms with van der Waals surface area (Å²) in [4.78, 5) is 12.7. The molecule has 0 aliphatic carbocycles. The lowest BCUT2D eigenvalue weighted by Gasteiger charge is -2.04. The number of furan rings is 1. The summed E-state index contributed by atoms with van der Waals surface area (Å²) in [6.07, 6.45) is 1.07. The van der Waals surface area contributed by atoms with Gasteiger partial charge in [0.2, 0.25) is 15.8 Å². The Morgan fingerprint density at radius 1 is 0.923 bits per heavy atom. The van der Waals surface area contributed by atoms with Crippen LogP contribution >= 0.6 is 0 Å². The molecular formula is C20H15NO4S. The van der Waals surface area contributed by atoms with E-state index < -0.39 is 10.0 Å². The summed E-state index contributed by atoms with van der Waals surface area (Å²) >= 11 is 0. The first-order chi connectivity index (χ1) is 12.4. The number of anilines is 1. The van der Waals surface area contributed by atoms with Crippen LogP contribution in [0.15, 0.2) is 71.1 Å². The third-order valence-electron chi connectivity index (χ3n) is 4.10. The molecule has 4 rings (SSSR count). The van der Waals surface area contributed by atoms with E-state index in [2.05, 4.69) is 4.72 Å². The monoisotopic (exact) mass is 365 g/mol. The van der Waals surface area contributed by atoms with Crippen molar-refractivity contribution in [1.29, 1.82) is 0 Å². The first-order valence-corrected chi connectivity index (χ1v) is 9.84. The summed E-state index contributed by atoms with van der Waals surface area (Å²) in [5.74, 6) is -0.00337. The van der Waals surface area contributed by atoms with Crippen molar-refractivity contribution in [2.75, 3.05) is 11.0 Å². The Kier molecular flexibility index (Phi) is 3.77. The molecular weight excluding hydrogens is 350 g/mol. The van der Waals surface area contributed by atoms with Crippen LogP contribution in [-0.4, -0.2) is 20.5 Å². The molecule has 130 valence electrons. The first kappa shape index (κ1) is 16.4. The fourth-order valence-corrected chi connectivity index (χ4v) is 3.51. The van der Waals surface area contributed by atoms with Crippen molar-refractivity contribution in [3.05, 3.63) is 78.1 Å². The summed E-state index contributed by atoms with van der Waals surface area (Å²) < 4.78 is 30.6. The second-order valence-electron chi connectivity index (χ2n) is 6.09. The summed E-state index contributed by atoms with van der Waals surface area (Å²) in [6.45, 7) is 0. The molecule has 0 bridgehead atoms. The predicted octanol–water partition coefficient (Wildman–Crippen LogP) is 4.19. The molecule has 0 unspecified atom stereocenters. The van der Waals surface area contributed by atoms with Gasteiger partial charge in [-0.2, -0.15) is 0 Å². The molecule has 3 aromatic carbocycles. The Morgan fingerprint density at radius 2 is 1.65 bits per heavy atom. The number of ketones is 1. The summed E-state index contributed by atoms with van der Waals surface area (Å²) in [5.41, 5.74) is 1.48. The highest BCUT2D eigenvalue weighted by Crippen LogP contribution is 2.29. The van der Waals surface area contributed by atoms with Gasteiger partial charge < -0.3 is 4.42 Å². The van der Waals surface area contributed by atoms with E-state index >= 15 is 0 Å². The van der Waals surface area contributed by atoms with Gasteiger partial charge in [0.15, 0.2) is 5.76 Å². The zero-order valence-corrected chi connectivity index (χ0v) is 14.7. The Hall–Kier alpha value is -3.12. The average Bonchev–Trinajstić information content (AvgIpc) is 3.05. The van der Waals surface area contributed by atoms with Crippen LogP contribution in [0.3, 0.4) is 0 Å². The predicted molar refractivity (Wildman–Crippen MR) is 102 cm³/mol. The van der Waals surface area contributed by atoms with Gasteiger partial charge in [-0.3, -0.25) is 9.52 Å². The number of carbonyl (C=O) groups is 1. The van der Waals surface area contributed by atoms with Crippen LogP contribution in [0.4, 0.5) is 5.69 Å². The molecule has 6 heteroatoms. The molecule has 5 nitrogen and oxygen atoms in total. The SMILES string of the molecule is CS(=O)(=O)Nc1ccc(C(=O)c2cc3c(ccc4ccccc43)o2)cc1. The maximum atomic E-state index is 12.7. The van der Waals surface area contributed by atoms with Gasteiger partial charge in [0.1, 0.15) is 5.58 Å². The molecule has 0 atom stereocenters. The van der Waals surface area contributed by atoms with Gasteiger partial charge in [-0.15, -0.1) is 0 Å². The van der Waals surface area contributed by atoms with Gasteiger partial charge in [-0.1, -0.05) is 30.3 Å². The minimum Gasteiger partial charge on any atom is -0.453 e. The second kappa shape index (κ2) is 6.00. The fraction of sp³-hybridized carbons (Fsp3) is 0.0500. The molecule has 1 N–H and O–H groups in total. The summed E-state index contributed by atoms with van der Waals surface area (Å²) in [5, 5.41) is 3.00. The largest absolute Gasteiger partial charge is 0.453 e. The summed E-state index contributed by atoms with van der Waals surface area (Å²) in [7, 11) is -3.35. The first-order valence-electron chi connectivity index (χ1n) is 7.94. The van der Waals surface area contributed by atoms with Gasteiger partial charge in [0.05, 0.1) is 6.26 Å². The fourth-order valence-electron chi connectivity index (χ4n) is 2.95. The van der Waals surface area contributed by atoms with Crippen LogP contribution in [0.5, 0.6) is 0 Å². The third-order valence-corrected chi connectivity index (χ3v) is 4.71. The minimum atomic E-state index is -3.35. The Bertz CT molecular complexity index is 1240. The van der Waals surface area contributed by atoms with E-state index in [1.807, 2.05) is 36.4 Å². The van der Waals surface area contributed by atoms with Crippen molar-refractivity contribution in [2.45, 2.75) is 0 Å². The zero-order chi connectivity index (χ0) is 18.3. The number of benzene rings is 3. The maximum Gasteiger partial charge on any atom is 0.229 e. The molecule has 0 amide bonds. The summed E-state index contributed by atoms with van der Waals surface area (Å²) in [6, 6.07) is 19.7. The normalized spacial score (nSPS) is 11.7. The van der Waals surface area contributed by atoms with Crippen molar-refractivity contribution < 1.29 is 17.6 Å². The van der Waals surface area contributed by atoms with Crippen LogP contribution in [0, 0.1) is 0 Å². The Morgan fingerprint density at radius 3 is 2.38 bits per heavy atom. The maximum absolute atomic E-state index is 12.7. The van der Waals surface area contributed by atoms with Crippen LogP contribution in [0.2, 0.25) is 0 Å². The lowest BCUT2D eigenvalue weighted by molar-refractivity contribution is 0.101. The van der Waals surface area contributed by atoms with Crippen molar-refractivity contribution in [3.8, 4) is 0 Å². The number of hydrogen-bond donors (Lipinski definition) is 1. The standard InChI is InChI=1S/C20H15NO4S/c1-26(23,24)21-15-9-6-14(7-10-15)20(22)19-12-17-16-5-3-2-4-13(16)8-11-18(17)25-19/h2-12,21H,1H3. The van der Waals surface area contributed by atoms with Crippen molar-refractivity contribution in [2.24, 2.45) is 0 Å². The van der Waals surface area contributed by atoms with Gasteiger partial charge in [-0.25, -0.2) is 8.42 Å². The highest BCUT2D eigenvalue weighted by molar-refractivity contribution is 7.92. The zero-order valence-electron chi connectivity index (χ0n) is 13.9. The van der Waals surface area contributed by atoms with E-state index in [1.165, 1.54) is 0 Å². The Balaban J connectivity index is 1.71. The molecule has 4 aromatic rings. The van der Waals surface area contributed by atoms with E-state index in [0.29, 0.717) is 16.8 Å². The lowest BCUT2D eigenvalue weighted by Crippen LogP contribution is -2.09. The van der Waals surface area contributed by atoms with Crippen LogP contribution < -0.4 is 4.72 Å². The van der Waals surface area contributed by atoms with Crippen LogP contribution in [0.1, 0.15) is 16.1 Å². The molecule has 0 saturated carbocycles. The van der Waals surface area contributed by atoms with E-state index in [4.69, 9.17) is 4.42 Å². The molecule has 0 aliphatic rings. The molecule has 0 saturated heterocycles. The Labute approximate surface area is 150 Å². The van der Waals surface area contributed by atoms with Crippen molar-refractivity contribution in [3.63, 3.8) is 0 Å². The van der Waals surface area contributed by atoms with Crippen LogP contribution in [-0.2, 0) is 10.0 Å².